The van der Waals surface area contributed by atoms with Crippen LogP contribution in [0.25, 0.3) is 0 Å². The van der Waals surface area contributed by atoms with E-state index in [1.54, 1.807) is 4.90 Å². The first-order chi connectivity index (χ1) is 12.5. The van der Waals surface area contributed by atoms with Crippen molar-refractivity contribution >= 4 is 28.9 Å². The number of nitrogens with one attached hydrogen (secondary N) is 1. The molecule has 0 spiro atoms. The molecule has 1 unspecified atom stereocenters. The summed E-state index contributed by atoms with van der Waals surface area (Å²) in [5, 5.41) is 4.22. The molecule has 3 aromatic carbocycles. The van der Waals surface area contributed by atoms with Gasteiger partial charge in [-0.05, 0) is 61.4 Å². The zero-order valence-corrected chi connectivity index (χ0v) is 15.4. The monoisotopic (exact) mass is 362 g/mol. The highest BCUT2D eigenvalue weighted by Gasteiger charge is 2.37. The second-order valence-electron chi connectivity index (χ2n) is 6.60. The molecule has 1 amide bonds. The number of halogens is 1. The number of hydrogen-bond acceptors (Lipinski definition) is 2. The fourth-order valence-corrected chi connectivity index (χ4v) is 3.49. The highest BCUT2D eigenvalue weighted by atomic mass is 35.5. The molecular weight excluding hydrogens is 344 g/mol. The predicted octanol–water partition coefficient (Wildman–Crippen LogP) is 5.73. The van der Waals surface area contributed by atoms with Crippen LogP contribution in [0.2, 0.25) is 5.02 Å². The first-order valence-electron chi connectivity index (χ1n) is 8.56. The number of hydrogen-bond donors (Lipinski definition) is 1. The van der Waals surface area contributed by atoms with E-state index in [2.05, 4.69) is 37.4 Å². The van der Waals surface area contributed by atoms with E-state index in [1.165, 1.54) is 5.56 Å². The lowest BCUT2D eigenvalue weighted by molar-refractivity contribution is 0.0993. The van der Waals surface area contributed by atoms with Gasteiger partial charge in [-0.1, -0.05) is 41.9 Å². The molecule has 26 heavy (non-hydrogen) atoms. The van der Waals surface area contributed by atoms with Crippen LogP contribution in [0.5, 0.6) is 0 Å². The van der Waals surface area contributed by atoms with E-state index in [-0.39, 0.29) is 12.1 Å². The topological polar surface area (TPSA) is 32.3 Å². The van der Waals surface area contributed by atoms with E-state index < -0.39 is 0 Å². The molecule has 0 saturated heterocycles. The Morgan fingerprint density at radius 3 is 2.46 bits per heavy atom. The van der Waals surface area contributed by atoms with Crippen LogP contribution >= 0.6 is 11.6 Å². The number of nitrogens with zero attached hydrogens (tertiary/aromatic N) is 1. The molecule has 0 radical (unpaired) electrons. The summed E-state index contributed by atoms with van der Waals surface area (Å²) in [5.41, 5.74) is 5.87. The number of benzene rings is 3. The van der Waals surface area contributed by atoms with E-state index in [1.807, 2.05) is 48.5 Å². The molecular formula is C22H19ClN2O. The Balaban J connectivity index is 1.80. The molecule has 0 aromatic heterocycles. The second kappa shape index (κ2) is 6.50. The standard InChI is InChI=1S/C22H19ClN2O/c1-14-7-8-15(2)20(13-14)24-21-18-5-3-4-6-19(18)22(26)25(21)17-11-9-16(23)10-12-17/h3-13,21,24H,1-2H3. The van der Waals surface area contributed by atoms with Gasteiger partial charge in [0.2, 0.25) is 0 Å². The summed E-state index contributed by atoms with van der Waals surface area (Å²) in [7, 11) is 0. The minimum atomic E-state index is -0.264. The van der Waals surface area contributed by atoms with Gasteiger partial charge < -0.3 is 5.32 Å². The van der Waals surface area contributed by atoms with E-state index >= 15 is 0 Å². The molecule has 0 aliphatic carbocycles. The summed E-state index contributed by atoms with van der Waals surface area (Å²) in [6.45, 7) is 4.13. The third-order valence-electron chi connectivity index (χ3n) is 4.75. The number of amides is 1. The molecule has 1 aliphatic rings. The first kappa shape index (κ1) is 16.7. The summed E-state index contributed by atoms with van der Waals surface area (Å²) in [4.78, 5) is 14.9. The van der Waals surface area contributed by atoms with Gasteiger partial charge in [-0.25, -0.2) is 0 Å². The summed E-state index contributed by atoms with van der Waals surface area (Å²) in [6, 6.07) is 21.4. The average molecular weight is 363 g/mol. The summed E-state index contributed by atoms with van der Waals surface area (Å²) in [6.07, 6.45) is -0.264. The molecule has 1 heterocycles. The van der Waals surface area contributed by atoms with Gasteiger partial charge in [-0.15, -0.1) is 0 Å². The van der Waals surface area contributed by atoms with Crippen molar-refractivity contribution in [2.45, 2.75) is 20.0 Å². The number of rotatable bonds is 3. The fourth-order valence-electron chi connectivity index (χ4n) is 3.37. The number of anilines is 2. The average Bonchev–Trinajstić information content (AvgIpc) is 2.92. The Bertz CT molecular complexity index is 982. The van der Waals surface area contributed by atoms with Gasteiger partial charge in [-0.2, -0.15) is 0 Å². The minimum Gasteiger partial charge on any atom is -0.361 e. The normalized spacial score (nSPS) is 15.9. The molecule has 1 aliphatic heterocycles. The number of carbonyl (C=O) groups excluding carboxylic acids is 1. The van der Waals surface area contributed by atoms with Gasteiger partial charge in [0, 0.05) is 27.5 Å². The quantitative estimate of drug-likeness (QED) is 0.645. The summed E-state index contributed by atoms with van der Waals surface area (Å²) in [5.74, 6) is -0.00858. The summed E-state index contributed by atoms with van der Waals surface area (Å²) < 4.78 is 0. The highest BCUT2D eigenvalue weighted by Crippen LogP contribution is 2.38. The molecule has 3 aromatic rings. The molecule has 1 atom stereocenters. The van der Waals surface area contributed by atoms with Crippen LogP contribution in [0.4, 0.5) is 11.4 Å². The Hall–Kier alpha value is -2.78. The number of aryl methyl sites for hydroxylation is 2. The zero-order chi connectivity index (χ0) is 18.3. The van der Waals surface area contributed by atoms with Crippen LogP contribution < -0.4 is 10.2 Å². The van der Waals surface area contributed by atoms with E-state index in [9.17, 15) is 4.79 Å². The molecule has 0 saturated carbocycles. The number of carbonyl (C=O) groups is 1. The van der Waals surface area contributed by atoms with E-state index in [0.717, 1.165) is 28.1 Å². The fraction of sp³-hybridized carbons (Fsp3) is 0.136. The first-order valence-corrected chi connectivity index (χ1v) is 8.94. The van der Waals surface area contributed by atoms with Crippen LogP contribution in [-0.4, -0.2) is 5.91 Å². The van der Waals surface area contributed by atoms with Crippen molar-refractivity contribution in [2.24, 2.45) is 0 Å². The lowest BCUT2D eigenvalue weighted by Crippen LogP contribution is -2.32. The van der Waals surface area contributed by atoms with Crippen molar-refractivity contribution in [1.29, 1.82) is 0 Å². The minimum absolute atomic E-state index is 0.00858. The summed E-state index contributed by atoms with van der Waals surface area (Å²) >= 11 is 6.03. The Labute approximate surface area is 158 Å². The lowest BCUT2D eigenvalue weighted by Gasteiger charge is -2.28. The van der Waals surface area contributed by atoms with Crippen LogP contribution in [0.3, 0.4) is 0 Å². The highest BCUT2D eigenvalue weighted by molar-refractivity contribution is 6.30. The third kappa shape index (κ3) is 2.85. The molecule has 130 valence electrons. The van der Waals surface area contributed by atoms with Crippen molar-refractivity contribution in [2.75, 3.05) is 10.2 Å². The van der Waals surface area contributed by atoms with Crippen molar-refractivity contribution in [3.8, 4) is 0 Å². The van der Waals surface area contributed by atoms with Gasteiger partial charge in [-0.3, -0.25) is 9.69 Å². The van der Waals surface area contributed by atoms with Gasteiger partial charge in [0.15, 0.2) is 0 Å². The van der Waals surface area contributed by atoms with Crippen molar-refractivity contribution in [1.82, 2.24) is 0 Å². The molecule has 0 fully saturated rings. The Morgan fingerprint density at radius 1 is 0.962 bits per heavy atom. The molecule has 0 bridgehead atoms. The number of fused-ring (bicyclic) bond motifs is 1. The Kier molecular flexibility index (Phi) is 4.17. The van der Waals surface area contributed by atoms with Crippen LogP contribution in [-0.2, 0) is 0 Å². The largest absolute Gasteiger partial charge is 0.361 e. The van der Waals surface area contributed by atoms with Gasteiger partial charge >= 0.3 is 0 Å². The van der Waals surface area contributed by atoms with E-state index in [0.29, 0.717) is 5.02 Å². The van der Waals surface area contributed by atoms with Crippen LogP contribution in [0.15, 0.2) is 66.7 Å². The molecule has 4 heteroatoms. The van der Waals surface area contributed by atoms with Gasteiger partial charge in [0.25, 0.3) is 5.91 Å². The Morgan fingerprint density at radius 2 is 1.69 bits per heavy atom. The van der Waals surface area contributed by atoms with E-state index in [4.69, 9.17) is 11.6 Å². The molecule has 3 nitrogen and oxygen atoms in total. The van der Waals surface area contributed by atoms with Gasteiger partial charge in [0.1, 0.15) is 6.17 Å². The third-order valence-corrected chi connectivity index (χ3v) is 5.00. The van der Waals surface area contributed by atoms with Crippen LogP contribution in [0, 0.1) is 13.8 Å². The molecule has 4 rings (SSSR count). The zero-order valence-electron chi connectivity index (χ0n) is 14.7. The van der Waals surface area contributed by atoms with Crippen LogP contribution in [0.1, 0.15) is 33.2 Å². The maximum Gasteiger partial charge on any atom is 0.260 e. The SMILES string of the molecule is Cc1ccc(C)c(NC2c3ccccc3C(=O)N2c2ccc(Cl)cc2)c1. The van der Waals surface area contributed by atoms with Gasteiger partial charge in [0.05, 0.1) is 0 Å². The smallest absolute Gasteiger partial charge is 0.260 e. The lowest BCUT2D eigenvalue weighted by atomic mass is 10.1. The predicted molar refractivity (Wildman–Crippen MR) is 107 cm³/mol. The maximum absolute atomic E-state index is 13.1. The van der Waals surface area contributed by atoms with Crippen molar-refractivity contribution in [3.05, 3.63) is 94.0 Å². The second-order valence-corrected chi connectivity index (χ2v) is 7.04. The van der Waals surface area contributed by atoms with Crippen molar-refractivity contribution in [3.63, 3.8) is 0 Å². The molecule has 1 N–H and O–H groups in total. The van der Waals surface area contributed by atoms with Crippen molar-refractivity contribution < 1.29 is 4.79 Å². The maximum atomic E-state index is 13.1.